The Labute approximate surface area is 110 Å². The first kappa shape index (κ1) is 12.7. The van der Waals surface area contributed by atoms with Crippen LogP contribution in [-0.2, 0) is 0 Å². The van der Waals surface area contributed by atoms with Crippen LogP contribution in [-0.4, -0.2) is 17.5 Å². The molecule has 92 valence electrons. The van der Waals surface area contributed by atoms with Gasteiger partial charge in [0.05, 0.1) is 5.02 Å². The molecule has 0 aromatic heterocycles. The summed E-state index contributed by atoms with van der Waals surface area (Å²) < 4.78 is 13.2. The summed E-state index contributed by atoms with van der Waals surface area (Å²) in [7, 11) is 0. The first-order valence-corrected chi connectivity index (χ1v) is 6.72. The van der Waals surface area contributed by atoms with Crippen molar-refractivity contribution < 1.29 is 4.39 Å². The van der Waals surface area contributed by atoms with Gasteiger partial charge >= 0.3 is 0 Å². The van der Waals surface area contributed by atoms with E-state index in [0.29, 0.717) is 5.69 Å². The van der Waals surface area contributed by atoms with Crippen molar-refractivity contribution in [1.29, 1.82) is 0 Å². The van der Waals surface area contributed by atoms with Crippen molar-refractivity contribution in [2.75, 3.05) is 17.6 Å². The molecule has 0 saturated heterocycles. The summed E-state index contributed by atoms with van der Waals surface area (Å²) in [6, 6.07) is 4.66. The van der Waals surface area contributed by atoms with E-state index >= 15 is 0 Å². The van der Waals surface area contributed by atoms with Gasteiger partial charge in [0.1, 0.15) is 5.82 Å². The molecule has 1 aromatic rings. The highest BCUT2D eigenvalue weighted by atomic mass is 35.5. The fourth-order valence-corrected chi connectivity index (χ4v) is 2.50. The first-order valence-electron chi connectivity index (χ1n) is 5.36. The van der Waals surface area contributed by atoms with E-state index in [-0.39, 0.29) is 10.4 Å². The highest BCUT2D eigenvalue weighted by Crippen LogP contribution is 2.28. The molecule has 0 spiro atoms. The molecule has 0 fully saturated rings. The number of halogens is 2. The number of hydrogen-bond donors (Lipinski definition) is 1. The van der Waals surface area contributed by atoms with Crippen LogP contribution in [0, 0.1) is 11.2 Å². The molecule has 0 aliphatic carbocycles. The molecule has 5 heteroatoms. The largest absolute Gasteiger partial charge is 0.335 e. The molecule has 1 aromatic carbocycles. The topological polar surface area (TPSA) is 24.4 Å². The van der Waals surface area contributed by atoms with Gasteiger partial charge in [-0.3, -0.25) is 4.99 Å². The van der Waals surface area contributed by atoms with Crippen LogP contribution in [0.1, 0.15) is 13.8 Å². The summed E-state index contributed by atoms with van der Waals surface area (Å²) in [6.45, 7) is 5.16. The van der Waals surface area contributed by atoms with Crippen LogP contribution < -0.4 is 5.32 Å². The van der Waals surface area contributed by atoms with Crippen molar-refractivity contribution in [2.45, 2.75) is 13.8 Å². The number of hydrogen-bond acceptors (Lipinski definition) is 3. The number of anilines is 1. The molecular weight excluding hydrogens is 259 g/mol. The van der Waals surface area contributed by atoms with Gasteiger partial charge in [0.25, 0.3) is 0 Å². The second kappa shape index (κ2) is 4.86. The third-order valence-electron chi connectivity index (χ3n) is 2.42. The fourth-order valence-electron chi connectivity index (χ4n) is 1.41. The van der Waals surface area contributed by atoms with Crippen molar-refractivity contribution in [3.63, 3.8) is 0 Å². The van der Waals surface area contributed by atoms with Crippen molar-refractivity contribution in [1.82, 2.24) is 0 Å². The predicted molar refractivity (Wildman–Crippen MR) is 73.6 cm³/mol. The van der Waals surface area contributed by atoms with E-state index in [1.165, 1.54) is 12.1 Å². The minimum absolute atomic E-state index is 0.134. The predicted octanol–water partition coefficient (Wildman–Crippen LogP) is 4.02. The van der Waals surface area contributed by atoms with Gasteiger partial charge in [-0.15, -0.1) is 0 Å². The number of nitrogens with one attached hydrogen (secondary N) is 1. The quantitative estimate of drug-likeness (QED) is 0.835. The Balaban J connectivity index is 2.07. The van der Waals surface area contributed by atoms with Gasteiger partial charge in [-0.2, -0.15) is 0 Å². The SMILES string of the molecule is CC1(C)CN=C(Nc2ccc(Cl)c(F)c2)SC1. The van der Waals surface area contributed by atoms with Crippen LogP contribution in [0.15, 0.2) is 23.2 Å². The summed E-state index contributed by atoms with van der Waals surface area (Å²) in [5.74, 6) is 0.591. The summed E-state index contributed by atoms with van der Waals surface area (Å²) in [5.41, 5.74) is 0.916. The third-order valence-corrected chi connectivity index (χ3v) is 4.16. The van der Waals surface area contributed by atoms with E-state index in [9.17, 15) is 4.39 Å². The molecule has 1 N–H and O–H groups in total. The second-order valence-corrected chi connectivity index (χ2v) is 6.20. The fraction of sp³-hybridized carbons (Fsp3) is 0.417. The lowest BCUT2D eigenvalue weighted by Gasteiger charge is -2.27. The molecule has 1 aliphatic rings. The van der Waals surface area contributed by atoms with Crippen molar-refractivity contribution in [3.05, 3.63) is 29.0 Å². The second-order valence-electron chi connectivity index (χ2n) is 4.83. The zero-order valence-corrected chi connectivity index (χ0v) is 11.3. The lowest BCUT2D eigenvalue weighted by atomic mass is 9.97. The van der Waals surface area contributed by atoms with Crippen LogP contribution in [0.2, 0.25) is 5.02 Å². The van der Waals surface area contributed by atoms with Crippen molar-refractivity contribution in [2.24, 2.45) is 10.4 Å². The smallest absolute Gasteiger partial charge is 0.161 e. The highest BCUT2D eigenvalue weighted by molar-refractivity contribution is 8.14. The van der Waals surface area contributed by atoms with Gasteiger partial charge in [-0.05, 0) is 23.6 Å². The van der Waals surface area contributed by atoms with Gasteiger partial charge in [0, 0.05) is 18.0 Å². The zero-order chi connectivity index (χ0) is 12.5. The number of rotatable bonds is 1. The maximum absolute atomic E-state index is 13.2. The Morgan fingerprint density at radius 3 is 2.82 bits per heavy atom. The molecule has 0 amide bonds. The molecule has 2 nitrogen and oxygen atoms in total. The summed E-state index contributed by atoms with van der Waals surface area (Å²) in [4.78, 5) is 4.44. The Hall–Kier alpha value is -0.740. The lowest BCUT2D eigenvalue weighted by molar-refractivity contribution is 0.438. The molecule has 1 aliphatic heterocycles. The number of amidine groups is 1. The van der Waals surface area contributed by atoms with Gasteiger partial charge in [0.15, 0.2) is 5.17 Å². The Bertz CT molecular complexity index is 460. The van der Waals surface area contributed by atoms with Crippen LogP contribution in [0.3, 0.4) is 0 Å². The third kappa shape index (κ3) is 3.36. The molecule has 0 atom stereocenters. The van der Waals surface area contributed by atoms with Gasteiger partial charge in [0.2, 0.25) is 0 Å². The molecule has 0 bridgehead atoms. The number of thioether (sulfide) groups is 1. The van der Waals surface area contributed by atoms with Crippen LogP contribution in [0.25, 0.3) is 0 Å². The summed E-state index contributed by atoms with van der Waals surface area (Å²) >= 11 is 7.28. The van der Waals surface area contributed by atoms with E-state index in [2.05, 4.69) is 24.2 Å². The Kier molecular flexibility index (Phi) is 3.64. The van der Waals surface area contributed by atoms with Gasteiger partial charge < -0.3 is 5.32 Å². The van der Waals surface area contributed by atoms with Gasteiger partial charge in [-0.25, -0.2) is 4.39 Å². The summed E-state index contributed by atoms with van der Waals surface area (Å²) in [6.07, 6.45) is 0. The lowest BCUT2D eigenvalue weighted by Crippen LogP contribution is -2.27. The molecule has 0 radical (unpaired) electrons. The van der Waals surface area contributed by atoms with Gasteiger partial charge in [-0.1, -0.05) is 37.2 Å². The average molecular weight is 273 g/mol. The standard InChI is InChI=1S/C12H14ClFN2S/c1-12(2)6-15-11(17-7-12)16-8-3-4-9(13)10(14)5-8/h3-5H,6-7H2,1-2H3,(H,15,16). The van der Waals surface area contributed by atoms with E-state index in [4.69, 9.17) is 11.6 Å². The maximum Gasteiger partial charge on any atom is 0.161 e. The highest BCUT2D eigenvalue weighted by Gasteiger charge is 2.23. The van der Waals surface area contributed by atoms with Crippen LogP contribution >= 0.6 is 23.4 Å². The number of benzene rings is 1. The minimum Gasteiger partial charge on any atom is -0.335 e. The number of nitrogens with zero attached hydrogens (tertiary/aromatic N) is 1. The Morgan fingerprint density at radius 2 is 2.24 bits per heavy atom. The van der Waals surface area contributed by atoms with E-state index in [0.717, 1.165) is 17.5 Å². The molecule has 1 heterocycles. The van der Waals surface area contributed by atoms with Crippen LogP contribution in [0.4, 0.5) is 10.1 Å². The molecule has 0 unspecified atom stereocenters. The van der Waals surface area contributed by atoms with Crippen molar-refractivity contribution in [3.8, 4) is 0 Å². The van der Waals surface area contributed by atoms with E-state index < -0.39 is 5.82 Å². The number of aliphatic imine (C=N–C) groups is 1. The minimum atomic E-state index is -0.418. The normalized spacial score (nSPS) is 18.7. The van der Waals surface area contributed by atoms with E-state index in [1.807, 2.05) is 0 Å². The molecular formula is C12H14ClFN2S. The molecule has 17 heavy (non-hydrogen) atoms. The Morgan fingerprint density at radius 1 is 1.47 bits per heavy atom. The average Bonchev–Trinajstić information content (AvgIpc) is 2.27. The zero-order valence-electron chi connectivity index (χ0n) is 9.76. The monoisotopic (exact) mass is 272 g/mol. The summed E-state index contributed by atoms with van der Waals surface area (Å²) in [5, 5.41) is 4.07. The maximum atomic E-state index is 13.2. The molecule has 2 rings (SSSR count). The molecule has 0 saturated carbocycles. The van der Waals surface area contributed by atoms with Crippen LogP contribution in [0.5, 0.6) is 0 Å². The van der Waals surface area contributed by atoms with E-state index in [1.54, 1.807) is 17.8 Å². The first-order chi connectivity index (χ1) is 7.96. The van der Waals surface area contributed by atoms with Crippen molar-refractivity contribution >= 4 is 34.2 Å².